The predicted molar refractivity (Wildman–Crippen MR) is 385 cm³/mol. The van der Waals surface area contributed by atoms with Crippen molar-refractivity contribution in [2.24, 2.45) is 0 Å². The van der Waals surface area contributed by atoms with Gasteiger partial charge in [-0.15, -0.1) is 35.3 Å². The molecular weight excluding hydrogens is 1410 g/mol. The molecule has 504 valence electrons. The van der Waals surface area contributed by atoms with E-state index in [4.69, 9.17) is 26.9 Å². The van der Waals surface area contributed by atoms with Crippen molar-refractivity contribution in [3.8, 4) is 50.6 Å². The van der Waals surface area contributed by atoms with Gasteiger partial charge in [-0.1, -0.05) is 157 Å². The van der Waals surface area contributed by atoms with E-state index in [1.807, 2.05) is 12.1 Å². The Balaban J connectivity index is 0.000000161. The molecule has 0 aliphatic carbocycles. The molecule has 0 atom stereocenters. The van der Waals surface area contributed by atoms with Gasteiger partial charge in [0.05, 0.1) is 63.7 Å². The predicted octanol–water partition coefficient (Wildman–Crippen LogP) is 16.5. The Bertz CT molecular complexity index is 5170. The van der Waals surface area contributed by atoms with Crippen LogP contribution in [0.2, 0.25) is 5.02 Å². The standard InChI is InChI=1S/C24H18ClNO5S2.2C24H18FNO5S2/c25-17-9-5-15(6-10-17)16-7-11-18(12-8-16)33(30,31)26-21-13-22(32-14-23(27)28)24(29)20-4-2-1-3-19(20)21;25-17-5-3-4-16(12-17)15-8-10-18(11-9-15)33(30,31)26-21-13-22(32-14-23(27)28)24(29)20-7-2-1-6-19(20)21;25-17-9-5-15(6-10-17)16-7-11-18(12-8-16)33(30,31)26-21-13-22(32-14-23(27)28)24(29)20-4-2-1-3-19(20)21/h3*1-13,26,29H,14H2,(H,27,28). The summed E-state index contributed by atoms with van der Waals surface area (Å²) in [6, 6.07) is 62.2. The molecule has 0 fully saturated rings. The molecule has 0 bridgehead atoms. The molecule has 0 saturated carbocycles. The molecule has 27 heteroatoms. The summed E-state index contributed by atoms with van der Waals surface area (Å²) in [5.41, 5.74) is 5.19. The van der Waals surface area contributed by atoms with Gasteiger partial charge < -0.3 is 30.6 Å². The van der Waals surface area contributed by atoms with E-state index >= 15 is 0 Å². The van der Waals surface area contributed by atoms with Gasteiger partial charge in [-0.2, -0.15) is 0 Å². The summed E-state index contributed by atoms with van der Waals surface area (Å²) in [5, 5.41) is 61.8. The van der Waals surface area contributed by atoms with Crippen LogP contribution in [0.4, 0.5) is 25.8 Å². The van der Waals surface area contributed by atoms with E-state index in [0.717, 1.165) is 57.5 Å². The smallest absolute Gasteiger partial charge is 0.313 e. The number of halogens is 3. The molecule has 18 nitrogen and oxygen atoms in total. The Morgan fingerprint density at radius 3 is 0.899 bits per heavy atom. The maximum absolute atomic E-state index is 13.5. The van der Waals surface area contributed by atoms with Crippen LogP contribution in [0.5, 0.6) is 17.2 Å². The van der Waals surface area contributed by atoms with Crippen LogP contribution in [0.1, 0.15) is 0 Å². The second-order valence-electron chi connectivity index (χ2n) is 21.4. The van der Waals surface area contributed by atoms with Crippen molar-refractivity contribution in [1.29, 1.82) is 0 Å². The molecule has 99 heavy (non-hydrogen) atoms. The van der Waals surface area contributed by atoms with Gasteiger partial charge in [-0.3, -0.25) is 28.5 Å². The number of anilines is 3. The first kappa shape index (κ1) is 71.5. The number of fused-ring (bicyclic) bond motifs is 3. The minimum absolute atomic E-state index is 0.000418. The first-order valence-electron chi connectivity index (χ1n) is 29.2. The number of phenols is 3. The van der Waals surface area contributed by atoms with Crippen LogP contribution in [0.15, 0.2) is 266 Å². The zero-order valence-electron chi connectivity index (χ0n) is 51.1. The van der Waals surface area contributed by atoms with Crippen molar-refractivity contribution >= 4 is 144 Å². The number of hydrogen-bond donors (Lipinski definition) is 9. The van der Waals surface area contributed by atoms with Gasteiger partial charge in [0.1, 0.15) is 28.9 Å². The first-order valence-corrected chi connectivity index (χ1v) is 37.0. The number of hydrogen-bond acceptors (Lipinski definition) is 15. The van der Waals surface area contributed by atoms with Crippen LogP contribution < -0.4 is 14.2 Å². The molecule has 12 aromatic carbocycles. The van der Waals surface area contributed by atoms with Crippen molar-refractivity contribution in [3.05, 3.63) is 253 Å². The van der Waals surface area contributed by atoms with Gasteiger partial charge in [0.25, 0.3) is 30.1 Å². The highest BCUT2D eigenvalue weighted by Gasteiger charge is 2.24. The third-order valence-electron chi connectivity index (χ3n) is 14.7. The van der Waals surface area contributed by atoms with Crippen LogP contribution in [0, 0.1) is 11.6 Å². The Morgan fingerprint density at radius 1 is 0.333 bits per heavy atom. The molecule has 0 aliphatic rings. The van der Waals surface area contributed by atoms with Crippen molar-refractivity contribution in [2.45, 2.75) is 29.4 Å². The van der Waals surface area contributed by atoms with Gasteiger partial charge in [0.2, 0.25) is 0 Å². The van der Waals surface area contributed by atoms with E-state index < -0.39 is 48.0 Å². The quantitative estimate of drug-likeness (QED) is 0.0238. The number of carboxylic acids is 3. The monoisotopic (exact) mass is 1470 g/mol. The largest absolute Gasteiger partial charge is 0.506 e. The number of benzene rings is 12. The second kappa shape index (κ2) is 31.0. The average molecular weight is 1470 g/mol. The van der Waals surface area contributed by atoms with Crippen LogP contribution in [0.25, 0.3) is 65.7 Å². The van der Waals surface area contributed by atoms with Crippen molar-refractivity contribution in [2.75, 3.05) is 31.4 Å². The summed E-state index contributed by atoms with van der Waals surface area (Å²) in [6.07, 6.45) is 0. The summed E-state index contributed by atoms with van der Waals surface area (Å²) in [7, 11) is -11.9. The molecule has 12 aromatic rings. The van der Waals surface area contributed by atoms with Crippen LogP contribution in [0.3, 0.4) is 0 Å². The number of phenolic OH excluding ortho intramolecular Hbond substituents is 3. The number of aliphatic carboxylic acids is 3. The first-order chi connectivity index (χ1) is 47.2. The Kier molecular flexibility index (Phi) is 22.4. The SMILES string of the molecule is O=C(O)CSc1cc(NS(=O)(=O)c2ccc(-c3ccc(Cl)cc3)cc2)c2ccccc2c1O.O=C(O)CSc1cc(NS(=O)(=O)c2ccc(-c3ccc(F)cc3)cc2)c2ccccc2c1O.O=C(O)CSc1cc(NS(=O)(=O)c2ccc(-c3cccc(F)c3)cc2)c2ccccc2c1O. The molecule has 12 rings (SSSR count). The number of carbonyl (C=O) groups is 3. The minimum Gasteiger partial charge on any atom is -0.506 e. The minimum atomic E-state index is -4.00. The molecule has 0 aromatic heterocycles. The lowest BCUT2D eigenvalue weighted by molar-refractivity contribution is -0.134. The summed E-state index contributed by atoms with van der Waals surface area (Å²) in [5.74, 6) is -5.08. The maximum Gasteiger partial charge on any atom is 0.313 e. The number of thioether (sulfide) groups is 3. The zero-order chi connectivity index (χ0) is 70.8. The highest BCUT2D eigenvalue weighted by Crippen LogP contribution is 2.44. The van der Waals surface area contributed by atoms with Gasteiger partial charge in [-0.25, -0.2) is 34.0 Å². The van der Waals surface area contributed by atoms with Gasteiger partial charge in [0, 0.05) is 37.3 Å². The van der Waals surface area contributed by atoms with Crippen molar-refractivity contribution in [1.82, 2.24) is 0 Å². The Labute approximate surface area is 583 Å². The summed E-state index contributed by atoms with van der Waals surface area (Å²) in [6.45, 7) is 0. The highest BCUT2D eigenvalue weighted by molar-refractivity contribution is 8.00. The fourth-order valence-corrected chi connectivity index (χ4v) is 15.6. The highest BCUT2D eigenvalue weighted by atomic mass is 35.5. The van der Waals surface area contributed by atoms with Gasteiger partial charge in [0.15, 0.2) is 0 Å². The second-order valence-corrected chi connectivity index (χ2v) is 29.9. The van der Waals surface area contributed by atoms with Crippen molar-refractivity contribution < 1.29 is 79.1 Å². The van der Waals surface area contributed by atoms with Crippen LogP contribution in [-0.4, -0.2) is 91.1 Å². The lowest BCUT2D eigenvalue weighted by atomic mass is 10.1. The normalized spacial score (nSPS) is 11.4. The van der Waals surface area contributed by atoms with E-state index in [0.29, 0.717) is 48.5 Å². The van der Waals surface area contributed by atoms with Crippen molar-refractivity contribution in [3.63, 3.8) is 0 Å². The van der Waals surface area contributed by atoms with Crippen LogP contribution in [-0.2, 0) is 44.5 Å². The molecule has 0 heterocycles. The topological polar surface area (TPSA) is 311 Å². The third-order valence-corrected chi connectivity index (χ3v) is 22.2. The van der Waals surface area contributed by atoms with E-state index in [2.05, 4.69) is 14.2 Å². The molecular formula is C72H54ClF2N3O15S6. The Morgan fingerprint density at radius 2 is 0.606 bits per heavy atom. The summed E-state index contributed by atoms with van der Waals surface area (Å²) < 4.78 is 113. The fourth-order valence-electron chi connectivity index (χ4n) is 10.0. The lowest BCUT2D eigenvalue weighted by Crippen LogP contribution is -2.13. The van der Waals surface area contributed by atoms with E-state index in [-0.39, 0.29) is 92.6 Å². The zero-order valence-corrected chi connectivity index (χ0v) is 56.7. The number of aromatic hydroxyl groups is 3. The Hall–Kier alpha value is -10.3. The summed E-state index contributed by atoms with van der Waals surface area (Å²) >= 11 is 8.62. The molecule has 0 unspecified atom stereocenters. The summed E-state index contributed by atoms with van der Waals surface area (Å²) in [4.78, 5) is 33.7. The lowest BCUT2D eigenvalue weighted by Gasteiger charge is -2.15. The molecule has 0 radical (unpaired) electrons. The number of sulfonamides is 3. The molecule has 0 amide bonds. The molecule has 9 N–H and O–H groups in total. The van der Waals surface area contributed by atoms with Gasteiger partial charge in [-0.05, 0) is 124 Å². The van der Waals surface area contributed by atoms with E-state index in [9.17, 15) is 63.7 Å². The molecule has 0 spiro atoms. The average Bonchev–Trinajstić information content (AvgIpc) is 0.806. The van der Waals surface area contributed by atoms with E-state index in [1.54, 1.807) is 146 Å². The number of nitrogens with one attached hydrogen (secondary N) is 3. The molecule has 0 aliphatic heterocycles. The van der Waals surface area contributed by atoms with E-state index in [1.165, 1.54) is 78.9 Å². The van der Waals surface area contributed by atoms with Gasteiger partial charge >= 0.3 is 17.9 Å². The number of rotatable bonds is 21. The third kappa shape index (κ3) is 17.7. The maximum atomic E-state index is 13.5. The fraction of sp³-hybridized carbons (Fsp3) is 0.0417. The number of carboxylic acid groups (broad SMARTS) is 3. The molecule has 0 saturated heterocycles. The van der Waals surface area contributed by atoms with Crippen LogP contribution >= 0.6 is 46.9 Å².